The van der Waals surface area contributed by atoms with E-state index in [2.05, 4.69) is 74.6 Å². The van der Waals surface area contributed by atoms with Gasteiger partial charge in [0.25, 0.3) is 0 Å². The van der Waals surface area contributed by atoms with E-state index in [1.54, 1.807) is 0 Å². The fourth-order valence-electron chi connectivity index (χ4n) is 2.55. The Hall–Kier alpha value is -1.80. The van der Waals surface area contributed by atoms with Crippen LogP contribution in [0, 0.1) is 13.8 Å². The van der Waals surface area contributed by atoms with Gasteiger partial charge < -0.3 is 10.1 Å². The van der Waals surface area contributed by atoms with Crippen molar-refractivity contribution in [3.8, 4) is 5.75 Å². The molecule has 0 unspecified atom stereocenters. The Morgan fingerprint density at radius 2 is 1.77 bits per heavy atom. The summed E-state index contributed by atoms with van der Waals surface area (Å²) in [5, 5.41) is 3.56. The average Bonchev–Trinajstić information content (AvgIpc) is 2.53. The molecule has 2 aromatic rings. The number of unbranched alkanes of at least 4 members (excludes halogenated alkanes) is 1. The van der Waals surface area contributed by atoms with E-state index in [4.69, 9.17) is 4.74 Å². The van der Waals surface area contributed by atoms with Gasteiger partial charge in [0, 0.05) is 6.04 Å². The van der Waals surface area contributed by atoms with Gasteiger partial charge in [-0.25, -0.2) is 0 Å². The van der Waals surface area contributed by atoms with Crippen LogP contribution in [0.25, 0.3) is 0 Å². The molecule has 2 heteroatoms. The molecule has 118 valence electrons. The summed E-state index contributed by atoms with van der Waals surface area (Å²) in [6.07, 6.45) is 2.20. The summed E-state index contributed by atoms with van der Waals surface area (Å²) in [4.78, 5) is 0. The zero-order chi connectivity index (χ0) is 15.8. The number of benzene rings is 2. The summed E-state index contributed by atoms with van der Waals surface area (Å²) >= 11 is 0. The van der Waals surface area contributed by atoms with E-state index in [0.29, 0.717) is 6.04 Å². The minimum atomic E-state index is 0.404. The number of hydrogen-bond donors (Lipinski definition) is 1. The maximum atomic E-state index is 5.86. The average molecular weight is 297 g/mol. The van der Waals surface area contributed by atoms with Crippen molar-refractivity contribution >= 4 is 0 Å². The predicted octanol–water partition coefficient (Wildman–Crippen LogP) is 4.81. The smallest absolute Gasteiger partial charge is 0.122 e. The second-order valence-electron chi connectivity index (χ2n) is 5.91. The minimum Gasteiger partial charge on any atom is -0.493 e. The maximum absolute atomic E-state index is 5.86. The van der Waals surface area contributed by atoms with Gasteiger partial charge in [-0.3, -0.25) is 0 Å². The Bertz CT molecular complexity index is 565. The van der Waals surface area contributed by atoms with Crippen molar-refractivity contribution in [1.82, 2.24) is 5.32 Å². The molecule has 2 nitrogen and oxygen atoms in total. The number of ether oxygens (including phenoxy) is 1. The molecule has 0 bridgehead atoms. The Kier molecular flexibility index (Phi) is 6.47. The summed E-state index contributed by atoms with van der Waals surface area (Å²) < 4.78 is 5.86. The molecule has 0 saturated carbocycles. The molecule has 0 aromatic heterocycles. The molecule has 0 amide bonds. The van der Waals surface area contributed by atoms with Crippen molar-refractivity contribution in [3.05, 3.63) is 65.2 Å². The van der Waals surface area contributed by atoms with Gasteiger partial charge in [0.1, 0.15) is 5.75 Å². The van der Waals surface area contributed by atoms with Crippen LogP contribution in [0.1, 0.15) is 42.5 Å². The van der Waals surface area contributed by atoms with Gasteiger partial charge in [-0.15, -0.1) is 0 Å². The summed E-state index contributed by atoms with van der Waals surface area (Å²) in [5.74, 6) is 1.01. The maximum Gasteiger partial charge on any atom is 0.122 e. The van der Waals surface area contributed by atoms with Crippen molar-refractivity contribution < 1.29 is 4.74 Å². The third kappa shape index (κ3) is 5.19. The van der Waals surface area contributed by atoms with Crippen LogP contribution in [0.3, 0.4) is 0 Å². The summed E-state index contributed by atoms with van der Waals surface area (Å²) in [7, 11) is 0. The molecule has 0 aliphatic heterocycles. The number of aryl methyl sites for hydroxylation is 2. The fraction of sp³-hybridized carbons (Fsp3) is 0.400. The fourth-order valence-corrected chi connectivity index (χ4v) is 2.55. The Labute approximate surface area is 134 Å². The quantitative estimate of drug-likeness (QED) is 0.706. The first-order valence-corrected chi connectivity index (χ1v) is 8.15. The lowest BCUT2D eigenvalue weighted by atomic mass is 10.1. The van der Waals surface area contributed by atoms with Gasteiger partial charge in [0.15, 0.2) is 0 Å². The lowest BCUT2D eigenvalue weighted by Gasteiger charge is -2.14. The van der Waals surface area contributed by atoms with Crippen molar-refractivity contribution in [2.75, 3.05) is 13.2 Å². The molecule has 0 heterocycles. The van der Waals surface area contributed by atoms with Gasteiger partial charge in [-0.2, -0.15) is 0 Å². The van der Waals surface area contributed by atoms with Gasteiger partial charge in [-0.05, 0) is 57.4 Å². The molecule has 22 heavy (non-hydrogen) atoms. The zero-order valence-electron chi connectivity index (χ0n) is 13.9. The summed E-state index contributed by atoms with van der Waals surface area (Å²) in [6.45, 7) is 8.22. The van der Waals surface area contributed by atoms with E-state index in [1.165, 1.54) is 16.7 Å². The van der Waals surface area contributed by atoms with E-state index in [9.17, 15) is 0 Å². The van der Waals surface area contributed by atoms with E-state index in [1.807, 2.05) is 0 Å². The third-order valence-electron chi connectivity index (χ3n) is 3.91. The Morgan fingerprint density at radius 1 is 1.00 bits per heavy atom. The van der Waals surface area contributed by atoms with Gasteiger partial charge in [0.05, 0.1) is 6.61 Å². The molecular weight excluding hydrogens is 270 g/mol. The SMILES string of the molecule is Cc1ccc(OCCCCN[C@H](C)c2ccccc2)c(C)c1. The van der Waals surface area contributed by atoms with Crippen LogP contribution in [-0.2, 0) is 0 Å². The van der Waals surface area contributed by atoms with Crippen LogP contribution < -0.4 is 10.1 Å². The molecule has 2 rings (SSSR count). The van der Waals surface area contributed by atoms with Crippen LogP contribution in [0.4, 0.5) is 0 Å². The standard InChI is InChI=1S/C20H27NO/c1-16-11-12-20(17(2)15-16)22-14-8-7-13-21-18(3)19-9-5-4-6-10-19/h4-6,9-12,15,18,21H,7-8,13-14H2,1-3H3/t18-/m1/s1. The van der Waals surface area contributed by atoms with Crippen LogP contribution in [0.5, 0.6) is 5.75 Å². The number of nitrogens with one attached hydrogen (secondary N) is 1. The molecule has 0 fully saturated rings. The van der Waals surface area contributed by atoms with E-state index >= 15 is 0 Å². The van der Waals surface area contributed by atoms with E-state index in [-0.39, 0.29) is 0 Å². The molecule has 1 N–H and O–H groups in total. The highest BCUT2D eigenvalue weighted by molar-refractivity contribution is 5.35. The van der Waals surface area contributed by atoms with E-state index in [0.717, 1.165) is 31.7 Å². The van der Waals surface area contributed by atoms with Crippen LogP contribution in [0.15, 0.2) is 48.5 Å². The first-order valence-electron chi connectivity index (χ1n) is 8.15. The molecule has 0 spiro atoms. The van der Waals surface area contributed by atoms with Gasteiger partial charge >= 0.3 is 0 Å². The van der Waals surface area contributed by atoms with Gasteiger partial charge in [0.2, 0.25) is 0 Å². The van der Waals surface area contributed by atoms with E-state index < -0.39 is 0 Å². The van der Waals surface area contributed by atoms with Crippen molar-refractivity contribution in [3.63, 3.8) is 0 Å². The second-order valence-corrected chi connectivity index (χ2v) is 5.91. The molecule has 0 radical (unpaired) electrons. The molecule has 0 saturated heterocycles. The molecule has 0 aliphatic carbocycles. The topological polar surface area (TPSA) is 21.3 Å². The molecule has 0 aliphatic rings. The molecule has 1 atom stereocenters. The highest BCUT2D eigenvalue weighted by Crippen LogP contribution is 2.19. The minimum absolute atomic E-state index is 0.404. The van der Waals surface area contributed by atoms with Crippen LogP contribution >= 0.6 is 0 Å². The monoisotopic (exact) mass is 297 g/mol. The van der Waals surface area contributed by atoms with Crippen molar-refractivity contribution in [1.29, 1.82) is 0 Å². The zero-order valence-corrected chi connectivity index (χ0v) is 13.9. The van der Waals surface area contributed by atoms with Crippen LogP contribution in [0.2, 0.25) is 0 Å². The normalized spacial score (nSPS) is 12.1. The first-order chi connectivity index (χ1) is 10.7. The molecular formula is C20H27NO. The number of hydrogen-bond acceptors (Lipinski definition) is 2. The van der Waals surface area contributed by atoms with Crippen molar-refractivity contribution in [2.24, 2.45) is 0 Å². The first kappa shape index (κ1) is 16.6. The number of rotatable bonds is 8. The second kappa shape index (κ2) is 8.60. The summed E-state index contributed by atoms with van der Waals surface area (Å²) in [6, 6.07) is 17.3. The largest absolute Gasteiger partial charge is 0.493 e. The Balaban J connectivity index is 1.61. The van der Waals surface area contributed by atoms with Crippen molar-refractivity contribution in [2.45, 2.75) is 39.7 Å². The molecule has 2 aromatic carbocycles. The highest BCUT2D eigenvalue weighted by atomic mass is 16.5. The Morgan fingerprint density at radius 3 is 2.50 bits per heavy atom. The lowest BCUT2D eigenvalue weighted by Crippen LogP contribution is -2.20. The lowest BCUT2D eigenvalue weighted by molar-refractivity contribution is 0.303. The van der Waals surface area contributed by atoms with Gasteiger partial charge in [-0.1, -0.05) is 48.0 Å². The highest BCUT2D eigenvalue weighted by Gasteiger charge is 2.03. The third-order valence-corrected chi connectivity index (χ3v) is 3.91. The van der Waals surface area contributed by atoms with Crippen LogP contribution in [-0.4, -0.2) is 13.2 Å². The summed E-state index contributed by atoms with van der Waals surface area (Å²) in [5.41, 5.74) is 3.84. The predicted molar refractivity (Wildman–Crippen MR) is 93.5 cm³/mol.